The molecule has 0 aromatic heterocycles. The van der Waals surface area contributed by atoms with E-state index < -0.39 is 10.0 Å². The van der Waals surface area contributed by atoms with Crippen molar-refractivity contribution in [1.29, 1.82) is 0 Å². The molecule has 7 heteroatoms. The van der Waals surface area contributed by atoms with Gasteiger partial charge >= 0.3 is 0 Å². The number of nitrogens with one attached hydrogen (secondary N) is 2. The normalized spacial score (nSPS) is 18.9. The van der Waals surface area contributed by atoms with E-state index in [-0.39, 0.29) is 0 Å². The van der Waals surface area contributed by atoms with Crippen molar-refractivity contribution in [2.45, 2.75) is 18.8 Å². The van der Waals surface area contributed by atoms with Crippen LogP contribution in [0.25, 0.3) is 0 Å². The van der Waals surface area contributed by atoms with Gasteiger partial charge in [0.05, 0.1) is 6.26 Å². The molecule has 0 spiro atoms. The van der Waals surface area contributed by atoms with Gasteiger partial charge in [0.15, 0.2) is 5.96 Å². The van der Waals surface area contributed by atoms with Gasteiger partial charge in [-0.1, -0.05) is 60.7 Å². The number of hydrogen-bond acceptors (Lipinski definition) is 3. The highest BCUT2D eigenvalue weighted by molar-refractivity contribution is 7.88. The zero-order valence-corrected chi connectivity index (χ0v) is 18.6. The van der Waals surface area contributed by atoms with E-state index in [9.17, 15) is 8.42 Å². The summed E-state index contributed by atoms with van der Waals surface area (Å²) in [6, 6.07) is 21.1. The fraction of sp³-hybridized carbons (Fsp3) is 0.435. The van der Waals surface area contributed by atoms with Crippen LogP contribution in [0.5, 0.6) is 0 Å². The van der Waals surface area contributed by atoms with Crippen molar-refractivity contribution in [3.05, 3.63) is 71.8 Å². The molecule has 1 aliphatic heterocycles. The summed E-state index contributed by atoms with van der Waals surface area (Å²) < 4.78 is 25.0. The van der Waals surface area contributed by atoms with E-state index in [1.54, 1.807) is 11.4 Å². The third kappa shape index (κ3) is 6.57. The van der Waals surface area contributed by atoms with E-state index >= 15 is 0 Å². The molecule has 0 amide bonds. The van der Waals surface area contributed by atoms with Crippen LogP contribution in [0.1, 0.15) is 23.5 Å². The standard InChI is InChI=1S/C23H32N4O2S/c1-24-23(25-16-20-13-14-27(18-20)30(2,28)29)26-17-22(21-11-7-4-8-12-21)15-19-9-5-3-6-10-19/h3-12,20,22H,13-18H2,1-2H3,(H2,24,25,26). The van der Waals surface area contributed by atoms with E-state index in [0.29, 0.717) is 31.5 Å². The maximum Gasteiger partial charge on any atom is 0.211 e. The highest BCUT2D eigenvalue weighted by atomic mass is 32.2. The predicted octanol–water partition coefficient (Wildman–Crippen LogP) is 2.46. The molecule has 2 atom stereocenters. The number of aliphatic imine (C=N–C) groups is 1. The van der Waals surface area contributed by atoms with Crippen LogP contribution in [-0.2, 0) is 16.4 Å². The maximum absolute atomic E-state index is 11.7. The topological polar surface area (TPSA) is 73.8 Å². The number of guanidine groups is 1. The lowest BCUT2D eigenvalue weighted by atomic mass is 9.92. The zero-order valence-electron chi connectivity index (χ0n) is 17.8. The second kappa shape index (κ2) is 10.6. The van der Waals surface area contributed by atoms with Crippen molar-refractivity contribution in [2.24, 2.45) is 10.9 Å². The number of hydrogen-bond donors (Lipinski definition) is 2. The van der Waals surface area contributed by atoms with Gasteiger partial charge < -0.3 is 10.6 Å². The minimum atomic E-state index is -3.10. The molecule has 30 heavy (non-hydrogen) atoms. The van der Waals surface area contributed by atoms with Crippen LogP contribution in [0.15, 0.2) is 65.7 Å². The van der Waals surface area contributed by atoms with Crippen LogP contribution in [0.3, 0.4) is 0 Å². The van der Waals surface area contributed by atoms with E-state index in [4.69, 9.17) is 0 Å². The van der Waals surface area contributed by atoms with Gasteiger partial charge in [-0.15, -0.1) is 0 Å². The van der Waals surface area contributed by atoms with Crippen molar-refractivity contribution in [2.75, 3.05) is 39.5 Å². The van der Waals surface area contributed by atoms with E-state index in [2.05, 4.69) is 64.2 Å². The van der Waals surface area contributed by atoms with E-state index in [1.165, 1.54) is 17.4 Å². The molecule has 0 saturated carbocycles. The monoisotopic (exact) mass is 428 g/mol. The van der Waals surface area contributed by atoms with Crippen LogP contribution >= 0.6 is 0 Å². The first kappa shape index (κ1) is 22.3. The molecule has 6 nitrogen and oxygen atoms in total. The molecule has 2 aromatic carbocycles. The molecule has 1 aliphatic rings. The molecular weight excluding hydrogens is 396 g/mol. The quantitative estimate of drug-likeness (QED) is 0.500. The maximum atomic E-state index is 11.7. The average Bonchev–Trinajstić information content (AvgIpc) is 3.24. The fourth-order valence-corrected chi connectivity index (χ4v) is 4.80. The molecular formula is C23H32N4O2S. The summed E-state index contributed by atoms with van der Waals surface area (Å²) in [5, 5.41) is 6.83. The first-order chi connectivity index (χ1) is 14.5. The first-order valence-corrected chi connectivity index (χ1v) is 12.3. The van der Waals surface area contributed by atoms with Crippen molar-refractivity contribution >= 4 is 16.0 Å². The minimum Gasteiger partial charge on any atom is -0.356 e. The molecule has 1 heterocycles. The largest absolute Gasteiger partial charge is 0.356 e. The van der Waals surface area contributed by atoms with Crippen molar-refractivity contribution in [1.82, 2.24) is 14.9 Å². The Hall–Kier alpha value is -2.38. The average molecular weight is 429 g/mol. The van der Waals surface area contributed by atoms with E-state index in [1.807, 2.05) is 12.1 Å². The molecule has 0 radical (unpaired) electrons. The van der Waals surface area contributed by atoms with Gasteiger partial charge in [0.2, 0.25) is 10.0 Å². The van der Waals surface area contributed by atoms with Crippen LogP contribution in [0.4, 0.5) is 0 Å². The van der Waals surface area contributed by atoms with Crippen LogP contribution in [0.2, 0.25) is 0 Å². The van der Waals surface area contributed by atoms with Gasteiger partial charge in [0, 0.05) is 39.1 Å². The van der Waals surface area contributed by atoms with Crippen molar-refractivity contribution in [3.8, 4) is 0 Å². The lowest BCUT2D eigenvalue weighted by molar-refractivity contribution is 0.458. The molecule has 1 saturated heterocycles. The summed E-state index contributed by atoms with van der Waals surface area (Å²) in [5.74, 6) is 1.37. The molecule has 3 rings (SSSR count). The van der Waals surface area contributed by atoms with Gasteiger partial charge in [-0.05, 0) is 29.9 Å². The minimum absolute atomic E-state index is 0.299. The number of benzene rings is 2. The second-order valence-corrected chi connectivity index (χ2v) is 9.89. The summed E-state index contributed by atoms with van der Waals surface area (Å²) in [5.41, 5.74) is 2.60. The molecule has 0 bridgehead atoms. The number of sulfonamides is 1. The van der Waals surface area contributed by atoms with Gasteiger partial charge in [-0.25, -0.2) is 12.7 Å². The van der Waals surface area contributed by atoms with E-state index in [0.717, 1.165) is 25.3 Å². The fourth-order valence-electron chi connectivity index (χ4n) is 3.88. The van der Waals surface area contributed by atoms with Gasteiger partial charge in [0.25, 0.3) is 0 Å². The highest BCUT2D eigenvalue weighted by Crippen LogP contribution is 2.20. The number of nitrogens with zero attached hydrogens (tertiary/aromatic N) is 2. The smallest absolute Gasteiger partial charge is 0.211 e. The highest BCUT2D eigenvalue weighted by Gasteiger charge is 2.28. The zero-order chi connectivity index (χ0) is 21.4. The Morgan fingerprint density at radius 3 is 2.37 bits per heavy atom. The van der Waals surface area contributed by atoms with Gasteiger partial charge in [-0.3, -0.25) is 4.99 Å². The second-order valence-electron chi connectivity index (χ2n) is 7.91. The molecule has 162 valence electrons. The SMILES string of the molecule is CN=C(NCC1CCN(S(C)(=O)=O)C1)NCC(Cc1ccccc1)c1ccccc1. The Bertz CT molecular complexity index is 917. The Morgan fingerprint density at radius 2 is 1.77 bits per heavy atom. The lowest BCUT2D eigenvalue weighted by Crippen LogP contribution is -2.42. The molecule has 2 aromatic rings. The van der Waals surface area contributed by atoms with Gasteiger partial charge in [0.1, 0.15) is 0 Å². The summed E-state index contributed by atoms with van der Waals surface area (Å²) in [7, 11) is -1.34. The summed E-state index contributed by atoms with van der Waals surface area (Å²) in [4.78, 5) is 4.35. The summed E-state index contributed by atoms with van der Waals surface area (Å²) in [6.45, 7) is 2.65. The van der Waals surface area contributed by atoms with Crippen LogP contribution < -0.4 is 10.6 Å². The van der Waals surface area contributed by atoms with Crippen LogP contribution in [0, 0.1) is 5.92 Å². The van der Waals surface area contributed by atoms with Crippen LogP contribution in [-0.4, -0.2) is 58.2 Å². The van der Waals surface area contributed by atoms with Crippen molar-refractivity contribution in [3.63, 3.8) is 0 Å². The molecule has 0 aliphatic carbocycles. The molecule has 1 fully saturated rings. The van der Waals surface area contributed by atoms with Gasteiger partial charge in [-0.2, -0.15) is 0 Å². The Balaban J connectivity index is 1.56. The Labute approximate surface area is 180 Å². The molecule has 2 unspecified atom stereocenters. The Kier molecular flexibility index (Phi) is 7.87. The first-order valence-electron chi connectivity index (χ1n) is 10.4. The molecule has 2 N–H and O–H groups in total. The Morgan fingerprint density at radius 1 is 1.10 bits per heavy atom. The lowest BCUT2D eigenvalue weighted by Gasteiger charge is -2.21. The van der Waals surface area contributed by atoms with Crippen molar-refractivity contribution < 1.29 is 8.42 Å². The summed E-state index contributed by atoms with van der Waals surface area (Å²) in [6.07, 6.45) is 3.10. The third-order valence-corrected chi connectivity index (χ3v) is 6.88. The third-order valence-electron chi connectivity index (χ3n) is 5.61. The number of rotatable bonds is 8. The predicted molar refractivity (Wildman–Crippen MR) is 123 cm³/mol. The summed E-state index contributed by atoms with van der Waals surface area (Å²) >= 11 is 0.